The first kappa shape index (κ1) is 46.0. The lowest BCUT2D eigenvalue weighted by atomic mass is 10.0. The Labute approximate surface area is 430 Å². The van der Waals surface area contributed by atoms with E-state index in [2.05, 4.69) is 318 Å². The summed E-state index contributed by atoms with van der Waals surface area (Å²) in [7, 11) is 0. The van der Waals surface area contributed by atoms with Crippen LogP contribution in [0.3, 0.4) is 0 Å². The maximum absolute atomic E-state index is 4.67. The summed E-state index contributed by atoms with van der Waals surface area (Å²) >= 11 is 0. The Morgan fingerprint density at radius 3 is 1.36 bits per heavy atom. The van der Waals surface area contributed by atoms with E-state index < -0.39 is 0 Å². The molecule has 0 unspecified atom stereocenters. The van der Waals surface area contributed by atoms with Crippen LogP contribution in [-0.4, -0.2) is 0 Å². The van der Waals surface area contributed by atoms with Crippen LogP contribution in [0.4, 0.5) is 51.2 Å². The molecule has 0 amide bonds. The van der Waals surface area contributed by atoms with Crippen LogP contribution >= 0.6 is 0 Å². The highest BCUT2D eigenvalue weighted by Gasteiger charge is 2.20. The highest BCUT2D eigenvalue weighted by molar-refractivity contribution is 5.99. The van der Waals surface area contributed by atoms with Gasteiger partial charge in [0.2, 0.25) is 0 Å². The molecule has 1 aliphatic rings. The van der Waals surface area contributed by atoms with Gasteiger partial charge in [0.1, 0.15) is 0 Å². The number of fused-ring (bicyclic) bond motifs is 2. The summed E-state index contributed by atoms with van der Waals surface area (Å²) in [5.74, 6) is 0. The van der Waals surface area contributed by atoms with Gasteiger partial charge in [-0.15, -0.1) is 0 Å². The molecule has 0 aliphatic heterocycles. The fourth-order valence-corrected chi connectivity index (χ4v) is 10.00. The van der Waals surface area contributed by atoms with Crippen LogP contribution in [-0.2, 0) is 0 Å². The molecule has 1 aliphatic carbocycles. The molecule has 10 aromatic carbocycles. The van der Waals surface area contributed by atoms with E-state index in [0.717, 1.165) is 92.2 Å². The molecule has 4 heteroatoms. The first-order valence-electron chi connectivity index (χ1n) is 25.1. The maximum atomic E-state index is 4.67. The number of benzene rings is 10. The molecular formula is C69H56N4. The SMILES string of the molecule is C=C(/C=C\C(=C/C)N(c1ccccc1)c1ccc(-c2ccc(N(c3ccccc3)c3ccc(N(c4ccccc4)c4cccc5ccccc45)cc3)cc2)cc1)N(C1=CCCC=C1)c1cccc2ccccc12. The van der Waals surface area contributed by atoms with E-state index in [1.807, 2.05) is 0 Å². The first-order chi connectivity index (χ1) is 36.1. The van der Waals surface area contributed by atoms with Crippen molar-refractivity contribution in [1.29, 1.82) is 0 Å². The predicted molar refractivity (Wildman–Crippen MR) is 312 cm³/mol. The van der Waals surface area contributed by atoms with Gasteiger partial charge < -0.3 is 19.6 Å². The summed E-state index contributed by atoms with van der Waals surface area (Å²) in [5, 5.41) is 4.80. The smallest absolute Gasteiger partial charge is 0.0540 e. The van der Waals surface area contributed by atoms with Crippen molar-refractivity contribution in [1.82, 2.24) is 0 Å². The largest absolute Gasteiger partial charge is 0.311 e. The van der Waals surface area contributed by atoms with Gasteiger partial charge in [0.15, 0.2) is 0 Å². The Morgan fingerprint density at radius 2 is 0.808 bits per heavy atom. The summed E-state index contributed by atoms with van der Waals surface area (Å²) in [6.07, 6.45) is 15.3. The summed E-state index contributed by atoms with van der Waals surface area (Å²) in [4.78, 5) is 9.27. The van der Waals surface area contributed by atoms with Gasteiger partial charge in [0.05, 0.1) is 11.4 Å². The summed E-state index contributed by atoms with van der Waals surface area (Å²) in [5.41, 5.74) is 15.1. The number of rotatable bonds is 15. The third kappa shape index (κ3) is 9.75. The average Bonchev–Trinajstić information content (AvgIpc) is 3.46. The molecule has 0 atom stereocenters. The fourth-order valence-electron chi connectivity index (χ4n) is 10.00. The van der Waals surface area contributed by atoms with Gasteiger partial charge in [-0.05, 0) is 157 Å². The molecule has 0 fully saturated rings. The summed E-state index contributed by atoms with van der Waals surface area (Å²) < 4.78 is 0. The second kappa shape index (κ2) is 21.3. The van der Waals surface area contributed by atoms with Crippen molar-refractivity contribution in [2.75, 3.05) is 19.6 Å². The van der Waals surface area contributed by atoms with Crippen molar-refractivity contribution < 1.29 is 0 Å². The van der Waals surface area contributed by atoms with Gasteiger partial charge in [0.25, 0.3) is 0 Å². The third-order valence-corrected chi connectivity index (χ3v) is 13.5. The molecule has 0 N–H and O–H groups in total. The highest BCUT2D eigenvalue weighted by Crippen LogP contribution is 2.42. The number of anilines is 9. The molecule has 0 saturated carbocycles. The average molecular weight is 941 g/mol. The number of nitrogens with zero attached hydrogens (tertiary/aromatic N) is 4. The molecule has 73 heavy (non-hydrogen) atoms. The van der Waals surface area contributed by atoms with Crippen LogP contribution in [0.5, 0.6) is 0 Å². The number of allylic oxidation sites excluding steroid dienone is 6. The van der Waals surface area contributed by atoms with E-state index >= 15 is 0 Å². The van der Waals surface area contributed by atoms with Crippen molar-refractivity contribution in [2.45, 2.75) is 19.8 Å². The molecule has 0 bridgehead atoms. The lowest BCUT2D eigenvalue weighted by Crippen LogP contribution is -2.21. The second-order valence-electron chi connectivity index (χ2n) is 18.1. The molecule has 10 aromatic rings. The van der Waals surface area contributed by atoms with Crippen LogP contribution in [0, 0.1) is 0 Å². The monoisotopic (exact) mass is 940 g/mol. The zero-order chi connectivity index (χ0) is 49.3. The molecule has 352 valence electrons. The van der Waals surface area contributed by atoms with Crippen molar-refractivity contribution >= 4 is 72.7 Å². The second-order valence-corrected chi connectivity index (χ2v) is 18.1. The van der Waals surface area contributed by atoms with Crippen molar-refractivity contribution in [3.05, 3.63) is 309 Å². The Hall–Kier alpha value is -9.38. The molecule has 4 nitrogen and oxygen atoms in total. The quantitative estimate of drug-likeness (QED) is 0.0950. The Kier molecular flexibility index (Phi) is 13.4. The van der Waals surface area contributed by atoms with Gasteiger partial charge in [0, 0.05) is 67.7 Å². The molecule has 0 saturated heterocycles. The van der Waals surface area contributed by atoms with Gasteiger partial charge in [-0.1, -0.05) is 176 Å². The molecule has 0 radical (unpaired) electrons. The Bertz CT molecular complexity index is 3620. The first-order valence-corrected chi connectivity index (χ1v) is 25.1. The van der Waals surface area contributed by atoms with Gasteiger partial charge >= 0.3 is 0 Å². The predicted octanol–water partition coefficient (Wildman–Crippen LogP) is 19.5. The van der Waals surface area contributed by atoms with E-state index in [9.17, 15) is 0 Å². The Morgan fingerprint density at radius 1 is 0.384 bits per heavy atom. The van der Waals surface area contributed by atoms with E-state index in [0.29, 0.717) is 0 Å². The molecule has 0 spiro atoms. The number of para-hydroxylation sites is 3. The lowest BCUT2D eigenvalue weighted by Gasteiger charge is -2.30. The highest BCUT2D eigenvalue weighted by atomic mass is 15.2. The summed E-state index contributed by atoms with van der Waals surface area (Å²) in [6.45, 7) is 6.77. The van der Waals surface area contributed by atoms with Gasteiger partial charge in [-0.2, -0.15) is 0 Å². The maximum Gasteiger partial charge on any atom is 0.0540 e. The third-order valence-electron chi connectivity index (χ3n) is 13.5. The van der Waals surface area contributed by atoms with Crippen molar-refractivity contribution in [3.63, 3.8) is 0 Å². The molecular weight excluding hydrogens is 885 g/mol. The number of hydrogen-bond donors (Lipinski definition) is 0. The van der Waals surface area contributed by atoms with Crippen LogP contribution in [0.25, 0.3) is 32.7 Å². The van der Waals surface area contributed by atoms with Crippen molar-refractivity contribution in [3.8, 4) is 11.1 Å². The zero-order valence-electron chi connectivity index (χ0n) is 41.0. The summed E-state index contributed by atoms with van der Waals surface area (Å²) in [6, 6.07) is 88.7. The van der Waals surface area contributed by atoms with Crippen LogP contribution in [0.15, 0.2) is 309 Å². The molecule has 0 heterocycles. The fraction of sp³-hybridized carbons (Fsp3) is 0.0435. The topological polar surface area (TPSA) is 13.0 Å². The van der Waals surface area contributed by atoms with Crippen LogP contribution in [0.2, 0.25) is 0 Å². The minimum atomic E-state index is 0.884. The molecule has 11 rings (SSSR count). The minimum absolute atomic E-state index is 0.884. The zero-order valence-corrected chi connectivity index (χ0v) is 41.0. The van der Waals surface area contributed by atoms with Gasteiger partial charge in [-0.25, -0.2) is 0 Å². The van der Waals surface area contributed by atoms with Crippen LogP contribution in [0.1, 0.15) is 19.8 Å². The lowest BCUT2D eigenvalue weighted by molar-refractivity contribution is 0.989. The van der Waals surface area contributed by atoms with E-state index in [1.165, 1.54) is 21.5 Å². The van der Waals surface area contributed by atoms with Crippen molar-refractivity contribution in [2.24, 2.45) is 0 Å². The van der Waals surface area contributed by atoms with Crippen LogP contribution < -0.4 is 19.6 Å². The molecule has 0 aromatic heterocycles. The minimum Gasteiger partial charge on any atom is -0.311 e. The van der Waals surface area contributed by atoms with E-state index in [1.54, 1.807) is 0 Å². The van der Waals surface area contributed by atoms with E-state index in [-0.39, 0.29) is 0 Å². The Balaban J connectivity index is 0.877. The van der Waals surface area contributed by atoms with E-state index in [4.69, 9.17) is 0 Å². The van der Waals surface area contributed by atoms with Gasteiger partial charge in [-0.3, -0.25) is 0 Å². The normalized spacial score (nSPS) is 12.5. The standard InChI is InChI=1S/C69H56N4/c1-3-57(43-38-52(2)70(58-26-8-4-9-27-58)68-36-20-24-55-22-16-18-34-66(55)68)71(59-28-10-5-11-29-59)62-44-39-53(40-45-62)54-41-46-63(47-42-54)72(60-30-12-6-13-31-60)64-48-50-65(51-49-64)73(61-32-14-7-15-33-61)69-37-21-25-56-23-17-19-35-67(56)69/h3,5-8,10-51H,2,4,9H2,1H3/b43-38-,57-3+. The number of hydrogen-bond acceptors (Lipinski definition) is 4.